The molecule has 16 nitrogen and oxygen atoms in total. The van der Waals surface area contributed by atoms with Gasteiger partial charge in [-0.3, -0.25) is 33.7 Å². The Balaban J connectivity index is 0.00000209. The SMILES string of the molecule is CC(C)CC1NC(=O)[C@@H](C)NC(=O)CN(C(=O)CN2CCc3ccccc3C2)CCCNC(=O)Cn2nc(-c3ccccc3)nc2[C@H](C)NC1=O.O=CO. The van der Waals surface area contributed by atoms with Gasteiger partial charge in [0, 0.05) is 31.7 Å². The number of rotatable bonds is 5. The summed E-state index contributed by atoms with van der Waals surface area (Å²) in [6.45, 7) is 8.47. The van der Waals surface area contributed by atoms with E-state index in [4.69, 9.17) is 14.9 Å². The van der Waals surface area contributed by atoms with E-state index in [1.165, 1.54) is 20.7 Å². The predicted octanol–water partition coefficient (Wildman–Crippen LogP) is 1.27. The summed E-state index contributed by atoms with van der Waals surface area (Å²) in [4.78, 5) is 83.6. The number of fused-ring (bicyclic) bond motifs is 2. The predicted molar refractivity (Wildman–Crippen MR) is 199 cm³/mol. The van der Waals surface area contributed by atoms with E-state index in [2.05, 4.69) is 43.4 Å². The molecule has 3 atom stereocenters. The lowest BCUT2D eigenvalue weighted by atomic mass is 10.00. The van der Waals surface area contributed by atoms with Crippen molar-refractivity contribution >= 4 is 36.0 Å². The van der Waals surface area contributed by atoms with Crippen molar-refractivity contribution in [2.45, 2.75) is 78.2 Å². The van der Waals surface area contributed by atoms with Crippen LogP contribution in [0, 0.1) is 5.92 Å². The second-order valence-corrected chi connectivity index (χ2v) is 13.9. The van der Waals surface area contributed by atoms with Gasteiger partial charge in [0.2, 0.25) is 29.5 Å². The summed E-state index contributed by atoms with van der Waals surface area (Å²) in [5.41, 5.74) is 3.20. The standard InChI is InChI=1S/C37H49N9O5.CH2O2/c1-24(2)19-30-37(51)40-25(3)35-42-34(28-12-6-5-7-13-28)43-46(35)22-31(47)38-16-10-17-45(21-32(48)39-26(4)36(50)41-30)33(49)23-44-18-15-27-11-8-9-14-29(27)20-44;2-1-3/h5-9,11-14,24-26,30H,10,15-23H2,1-4H3,(H,38,47)(H,39,48)(H,40,51)(H,41,50);1H,(H,2,3)/t25-,26+,30?;/m0./s1. The summed E-state index contributed by atoms with van der Waals surface area (Å²) >= 11 is 0. The Morgan fingerprint density at radius 2 is 1.56 bits per heavy atom. The molecule has 54 heavy (non-hydrogen) atoms. The summed E-state index contributed by atoms with van der Waals surface area (Å²) in [5.74, 6) is -1.15. The molecule has 290 valence electrons. The molecule has 2 aliphatic rings. The number of hydrogen-bond donors (Lipinski definition) is 5. The Hall–Kier alpha value is -5.64. The van der Waals surface area contributed by atoms with Crippen LogP contribution in [0.15, 0.2) is 54.6 Å². The Morgan fingerprint density at radius 3 is 2.26 bits per heavy atom. The molecule has 3 aromatic rings. The highest BCUT2D eigenvalue weighted by Gasteiger charge is 2.29. The van der Waals surface area contributed by atoms with E-state index in [1.54, 1.807) is 13.8 Å². The molecule has 0 aliphatic carbocycles. The van der Waals surface area contributed by atoms with Crippen LogP contribution in [0.1, 0.15) is 63.5 Å². The molecule has 0 saturated heterocycles. The molecule has 2 aliphatic heterocycles. The number of carboxylic acid groups (broad SMARTS) is 1. The molecule has 0 radical (unpaired) electrons. The van der Waals surface area contributed by atoms with Gasteiger partial charge >= 0.3 is 0 Å². The molecule has 2 aromatic carbocycles. The summed E-state index contributed by atoms with van der Waals surface area (Å²) < 4.78 is 1.48. The topological polar surface area (TPSA) is 208 Å². The first kappa shape index (κ1) is 41.1. The quantitative estimate of drug-likeness (QED) is 0.236. The van der Waals surface area contributed by atoms with Crippen LogP contribution in [-0.4, -0.2) is 110 Å². The van der Waals surface area contributed by atoms with Crippen LogP contribution in [-0.2, 0) is 48.3 Å². The van der Waals surface area contributed by atoms with Gasteiger partial charge in [0.15, 0.2) is 5.82 Å². The van der Waals surface area contributed by atoms with Gasteiger partial charge in [-0.2, -0.15) is 5.10 Å². The maximum Gasteiger partial charge on any atom is 0.290 e. The van der Waals surface area contributed by atoms with E-state index in [9.17, 15) is 24.0 Å². The summed E-state index contributed by atoms with van der Waals surface area (Å²) in [5, 5.41) is 22.8. The number of nitrogens with zero attached hydrogens (tertiary/aromatic N) is 5. The van der Waals surface area contributed by atoms with Crippen LogP contribution >= 0.6 is 0 Å². The Kier molecular flexibility index (Phi) is 15.2. The van der Waals surface area contributed by atoms with Gasteiger partial charge in [-0.05, 0) is 50.2 Å². The van der Waals surface area contributed by atoms with E-state index in [-0.39, 0.29) is 56.9 Å². The first-order valence-corrected chi connectivity index (χ1v) is 18.2. The van der Waals surface area contributed by atoms with Gasteiger partial charge in [0.25, 0.3) is 6.47 Å². The largest absolute Gasteiger partial charge is 0.483 e. The van der Waals surface area contributed by atoms with E-state index in [0.717, 1.165) is 18.5 Å². The molecule has 5 rings (SSSR count). The van der Waals surface area contributed by atoms with Crippen LogP contribution in [0.2, 0.25) is 0 Å². The Bertz CT molecular complexity index is 1760. The van der Waals surface area contributed by atoms with Gasteiger partial charge in [-0.25, -0.2) is 9.67 Å². The maximum absolute atomic E-state index is 13.6. The minimum absolute atomic E-state index is 0.0628. The third-order valence-electron chi connectivity index (χ3n) is 9.07. The lowest BCUT2D eigenvalue weighted by Gasteiger charge is -2.31. The van der Waals surface area contributed by atoms with Gasteiger partial charge in [-0.15, -0.1) is 0 Å². The highest BCUT2D eigenvalue weighted by molar-refractivity contribution is 5.93. The minimum Gasteiger partial charge on any atom is -0.483 e. The zero-order valence-corrected chi connectivity index (χ0v) is 31.3. The van der Waals surface area contributed by atoms with Crippen molar-refractivity contribution < 1.29 is 33.9 Å². The van der Waals surface area contributed by atoms with Crippen molar-refractivity contribution in [1.29, 1.82) is 0 Å². The Labute approximate surface area is 315 Å². The summed E-state index contributed by atoms with van der Waals surface area (Å²) in [7, 11) is 0. The summed E-state index contributed by atoms with van der Waals surface area (Å²) in [6.07, 6.45) is 1.57. The highest BCUT2D eigenvalue weighted by Crippen LogP contribution is 2.20. The number of aromatic nitrogens is 3. The first-order valence-electron chi connectivity index (χ1n) is 18.2. The first-order chi connectivity index (χ1) is 25.9. The number of nitrogens with one attached hydrogen (secondary N) is 4. The molecule has 5 N–H and O–H groups in total. The van der Waals surface area contributed by atoms with Crippen LogP contribution in [0.25, 0.3) is 11.4 Å². The second-order valence-electron chi connectivity index (χ2n) is 13.9. The third kappa shape index (κ3) is 11.9. The molecule has 5 amide bonds. The maximum atomic E-state index is 13.6. The fraction of sp³-hybridized carbons (Fsp3) is 0.474. The lowest BCUT2D eigenvalue weighted by Crippen LogP contribution is -2.55. The minimum atomic E-state index is -0.967. The van der Waals surface area contributed by atoms with Crippen LogP contribution in [0.4, 0.5) is 0 Å². The van der Waals surface area contributed by atoms with Crippen LogP contribution in [0.3, 0.4) is 0 Å². The second kappa shape index (κ2) is 20.0. The molecular formula is C38H51N9O7. The molecule has 0 bridgehead atoms. The summed E-state index contributed by atoms with van der Waals surface area (Å²) in [6, 6.07) is 15.0. The van der Waals surface area contributed by atoms with E-state index in [0.29, 0.717) is 31.0 Å². The Morgan fingerprint density at radius 1 is 0.870 bits per heavy atom. The van der Waals surface area contributed by atoms with Gasteiger partial charge in [0.05, 0.1) is 19.1 Å². The molecule has 16 heteroatoms. The zero-order valence-electron chi connectivity index (χ0n) is 31.3. The van der Waals surface area contributed by atoms with Gasteiger partial charge in [-0.1, -0.05) is 68.4 Å². The molecule has 1 unspecified atom stereocenters. The van der Waals surface area contributed by atoms with E-state index >= 15 is 0 Å². The molecule has 1 aromatic heterocycles. The van der Waals surface area contributed by atoms with Gasteiger partial charge in [0.1, 0.15) is 24.5 Å². The lowest BCUT2D eigenvalue weighted by molar-refractivity contribution is -0.138. The van der Waals surface area contributed by atoms with Crippen molar-refractivity contribution in [3.05, 3.63) is 71.5 Å². The number of carbonyl (C=O) groups excluding carboxylic acids is 5. The van der Waals surface area contributed by atoms with E-state index in [1.807, 2.05) is 56.3 Å². The monoisotopic (exact) mass is 745 g/mol. The molecule has 0 spiro atoms. The van der Waals surface area contributed by atoms with Gasteiger partial charge < -0.3 is 31.3 Å². The fourth-order valence-corrected chi connectivity index (χ4v) is 6.37. The van der Waals surface area contributed by atoms with Crippen molar-refractivity contribution in [2.75, 3.05) is 32.7 Å². The molecule has 0 fully saturated rings. The zero-order chi connectivity index (χ0) is 39.2. The van der Waals surface area contributed by atoms with Crippen LogP contribution in [0.5, 0.6) is 0 Å². The normalized spacial score (nSPS) is 20.6. The molecule has 0 saturated carbocycles. The number of carbonyl (C=O) groups is 6. The average molecular weight is 746 g/mol. The fourth-order valence-electron chi connectivity index (χ4n) is 6.37. The van der Waals surface area contributed by atoms with E-state index < -0.39 is 35.8 Å². The van der Waals surface area contributed by atoms with Crippen molar-refractivity contribution in [2.24, 2.45) is 5.92 Å². The third-order valence-corrected chi connectivity index (χ3v) is 9.07. The molecule has 3 heterocycles. The number of amides is 5. The number of benzene rings is 2. The smallest absolute Gasteiger partial charge is 0.290 e. The van der Waals surface area contributed by atoms with Crippen molar-refractivity contribution in [3.8, 4) is 11.4 Å². The van der Waals surface area contributed by atoms with Crippen molar-refractivity contribution in [3.63, 3.8) is 0 Å². The van der Waals surface area contributed by atoms with Crippen LogP contribution < -0.4 is 21.3 Å². The molecular weight excluding hydrogens is 694 g/mol. The average Bonchev–Trinajstić information content (AvgIpc) is 3.56. The van der Waals surface area contributed by atoms with Crippen molar-refractivity contribution in [1.82, 2.24) is 45.8 Å². The number of hydrogen-bond acceptors (Lipinski definition) is 9. The highest BCUT2D eigenvalue weighted by atomic mass is 16.3.